The molecule has 1 saturated heterocycles. The van der Waals surface area contributed by atoms with Gasteiger partial charge in [0.2, 0.25) is 0 Å². The number of carbonyl (C=O) groups is 1. The Morgan fingerprint density at radius 1 is 1.09 bits per heavy atom. The van der Waals surface area contributed by atoms with Gasteiger partial charge in [-0.3, -0.25) is 4.79 Å². The van der Waals surface area contributed by atoms with Crippen LogP contribution in [0.15, 0.2) is 53.2 Å². The standard InChI is InChI=1S/C23H23ClN6O2.C3H8/c1-15-3-5-20(30-25-8-9-26-30)18(13-15)22(31)29-12-11-28(10-7-16(29)2)23-27-19-14-17(24)4-6-21(19)32-23;1-3-2/h3-6,8-9,13-14,16H,7,10-12H2,1-2H3;3H2,1-2H3/t16-;/m1./s1. The van der Waals surface area contributed by atoms with Crippen LogP contribution >= 0.6 is 11.6 Å². The highest BCUT2D eigenvalue weighted by Gasteiger charge is 2.29. The van der Waals surface area contributed by atoms with Crippen LogP contribution in [0.4, 0.5) is 6.01 Å². The predicted molar refractivity (Wildman–Crippen MR) is 138 cm³/mol. The maximum atomic E-state index is 13.6. The van der Waals surface area contributed by atoms with Crippen molar-refractivity contribution in [1.82, 2.24) is 24.9 Å². The van der Waals surface area contributed by atoms with Crippen molar-refractivity contribution >= 4 is 34.6 Å². The van der Waals surface area contributed by atoms with Gasteiger partial charge in [0.15, 0.2) is 5.58 Å². The van der Waals surface area contributed by atoms with Gasteiger partial charge in [0, 0.05) is 30.7 Å². The van der Waals surface area contributed by atoms with E-state index in [0.717, 1.165) is 24.0 Å². The molecule has 3 heterocycles. The van der Waals surface area contributed by atoms with Gasteiger partial charge in [0.05, 0.1) is 23.6 Å². The molecule has 0 bridgehead atoms. The highest BCUT2D eigenvalue weighted by molar-refractivity contribution is 6.31. The number of fused-ring (bicyclic) bond motifs is 1. The van der Waals surface area contributed by atoms with Crippen LogP contribution in [-0.2, 0) is 0 Å². The lowest BCUT2D eigenvalue weighted by Crippen LogP contribution is -2.40. The van der Waals surface area contributed by atoms with Gasteiger partial charge in [-0.15, -0.1) is 0 Å². The monoisotopic (exact) mass is 494 g/mol. The van der Waals surface area contributed by atoms with Crippen LogP contribution < -0.4 is 4.90 Å². The van der Waals surface area contributed by atoms with Crippen LogP contribution in [0.1, 0.15) is 49.5 Å². The van der Waals surface area contributed by atoms with E-state index in [1.54, 1.807) is 24.5 Å². The molecular formula is C26H31ClN6O2. The molecule has 1 amide bonds. The molecule has 4 aromatic rings. The van der Waals surface area contributed by atoms with Crippen molar-refractivity contribution in [3.63, 3.8) is 0 Å². The summed E-state index contributed by atoms with van der Waals surface area (Å²) in [6.07, 6.45) is 5.26. The van der Waals surface area contributed by atoms with E-state index in [9.17, 15) is 4.79 Å². The van der Waals surface area contributed by atoms with Crippen molar-refractivity contribution in [2.75, 3.05) is 24.5 Å². The van der Waals surface area contributed by atoms with Crippen molar-refractivity contribution in [1.29, 1.82) is 0 Å². The fourth-order valence-electron chi connectivity index (χ4n) is 4.07. The number of halogens is 1. The molecule has 0 spiro atoms. The van der Waals surface area contributed by atoms with Gasteiger partial charge in [-0.1, -0.05) is 43.5 Å². The van der Waals surface area contributed by atoms with Crippen molar-refractivity contribution < 1.29 is 9.21 Å². The van der Waals surface area contributed by atoms with Crippen LogP contribution in [-0.4, -0.2) is 56.5 Å². The van der Waals surface area contributed by atoms with Crippen molar-refractivity contribution in [2.45, 2.75) is 46.6 Å². The molecule has 1 aliphatic heterocycles. The maximum absolute atomic E-state index is 13.6. The number of benzene rings is 2. The third-order valence-electron chi connectivity index (χ3n) is 5.85. The zero-order valence-electron chi connectivity index (χ0n) is 20.6. The van der Waals surface area contributed by atoms with E-state index in [4.69, 9.17) is 16.0 Å². The Kier molecular flexibility index (Phi) is 7.70. The summed E-state index contributed by atoms with van der Waals surface area (Å²) in [6.45, 7) is 10.2. The molecule has 184 valence electrons. The summed E-state index contributed by atoms with van der Waals surface area (Å²) >= 11 is 6.08. The van der Waals surface area contributed by atoms with Gasteiger partial charge in [0.1, 0.15) is 5.52 Å². The largest absolute Gasteiger partial charge is 0.423 e. The van der Waals surface area contributed by atoms with Crippen LogP contribution in [0.5, 0.6) is 0 Å². The first-order chi connectivity index (χ1) is 16.9. The highest BCUT2D eigenvalue weighted by atomic mass is 35.5. The van der Waals surface area contributed by atoms with Crippen molar-refractivity contribution in [3.05, 3.63) is 64.9 Å². The summed E-state index contributed by atoms with van der Waals surface area (Å²) in [6, 6.07) is 11.8. The molecule has 2 aromatic heterocycles. The van der Waals surface area contributed by atoms with E-state index in [-0.39, 0.29) is 11.9 Å². The summed E-state index contributed by atoms with van der Waals surface area (Å²) in [4.78, 5) is 23.7. The Balaban J connectivity index is 0.000000917. The second-order valence-corrected chi connectivity index (χ2v) is 9.21. The van der Waals surface area contributed by atoms with Crippen LogP contribution in [0.2, 0.25) is 5.02 Å². The Bertz CT molecular complexity index is 1290. The Morgan fingerprint density at radius 3 is 2.57 bits per heavy atom. The number of oxazole rings is 1. The maximum Gasteiger partial charge on any atom is 0.298 e. The summed E-state index contributed by atoms with van der Waals surface area (Å²) in [5.74, 6) is -0.0281. The first-order valence-electron chi connectivity index (χ1n) is 12.0. The van der Waals surface area contributed by atoms with E-state index in [0.29, 0.717) is 41.0 Å². The lowest BCUT2D eigenvalue weighted by Gasteiger charge is -2.27. The molecule has 0 N–H and O–H groups in total. The van der Waals surface area contributed by atoms with E-state index in [1.165, 1.54) is 11.2 Å². The molecule has 2 aromatic carbocycles. The third kappa shape index (κ3) is 5.48. The molecule has 5 rings (SSSR count). The third-order valence-corrected chi connectivity index (χ3v) is 6.08. The zero-order valence-corrected chi connectivity index (χ0v) is 21.4. The molecule has 0 saturated carbocycles. The minimum Gasteiger partial charge on any atom is -0.423 e. The minimum absolute atomic E-state index is 0.0281. The van der Waals surface area contributed by atoms with Crippen LogP contribution in [0.3, 0.4) is 0 Å². The molecule has 0 unspecified atom stereocenters. The number of anilines is 1. The lowest BCUT2D eigenvalue weighted by molar-refractivity contribution is 0.0704. The molecule has 0 radical (unpaired) electrons. The Labute approximate surface area is 210 Å². The molecule has 1 fully saturated rings. The van der Waals surface area contributed by atoms with E-state index >= 15 is 0 Å². The Hall–Kier alpha value is -3.39. The highest BCUT2D eigenvalue weighted by Crippen LogP contribution is 2.27. The molecular weight excluding hydrogens is 464 g/mol. The fourth-order valence-corrected chi connectivity index (χ4v) is 4.23. The predicted octanol–water partition coefficient (Wildman–Crippen LogP) is 5.53. The number of hydrogen-bond donors (Lipinski definition) is 0. The number of amides is 1. The van der Waals surface area contributed by atoms with Gasteiger partial charge in [-0.25, -0.2) is 0 Å². The molecule has 0 aliphatic carbocycles. The second kappa shape index (κ2) is 10.9. The van der Waals surface area contributed by atoms with Gasteiger partial charge in [-0.2, -0.15) is 20.0 Å². The van der Waals surface area contributed by atoms with Gasteiger partial charge < -0.3 is 14.2 Å². The van der Waals surface area contributed by atoms with E-state index < -0.39 is 0 Å². The fraction of sp³-hybridized carbons (Fsp3) is 0.385. The first kappa shape index (κ1) is 24.7. The zero-order chi connectivity index (χ0) is 24.9. The summed E-state index contributed by atoms with van der Waals surface area (Å²) in [7, 11) is 0. The summed E-state index contributed by atoms with van der Waals surface area (Å²) < 4.78 is 5.95. The number of aromatic nitrogens is 4. The average molecular weight is 495 g/mol. The lowest BCUT2D eigenvalue weighted by atomic mass is 10.1. The second-order valence-electron chi connectivity index (χ2n) is 8.78. The number of hydrogen-bond acceptors (Lipinski definition) is 6. The smallest absolute Gasteiger partial charge is 0.298 e. The quantitative estimate of drug-likeness (QED) is 0.372. The SMILES string of the molecule is CCC.Cc1ccc(-n2nccn2)c(C(=O)N2CCN(c3nc4cc(Cl)ccc4o3)CC[C@H]2C)c1. The minimum atomic E-state index is -0.0281. The van der Waals surface area contributed by atoms with E-state index in [2.05, 4.69) is 40.9 Å². The average Bonchev–Trinajstić information content (AvgIpc) is 3.47. The number of carbonyl (C=O) groups excluding carboxylic acids is 1. The summed E-state index contributed by atoms with van der Waals surface area (Å²) in [5.41, 5.74) is 3.71. The molecule has 1 aliphatic rings. The topological polar surface area (TPSA) is 80.3 Å². The number of nitrogens with zero attached hydrogens (tertiary/aromatic N) is 6. The van der Waals surface area contributed by atoms with Gasteiger partial charge in [0.25, 0.3) is 11.9 Å². The number of rotatable bonds is 3. The molecule has 35 heavy (non-hydrogen) atoms. The molecule has 8 nitrogen and oxygen atoms in total. The normalized spacial score (nSPS) is 16.1. The van der Waals surface area contributed by atoms with Gasteiger partial charge >= 0.3 is 0 Å². The van der Waals surface area contributed by atoms with E-state index in [1.807, 2.05) is 36.1 Å². The number of aryl methyl sites for hydroxylation is 1. The van der Waals surface area contributed by atoms with Gasteiger partial charge in [-0.05, 0) is 50.6 Å². The van der Waals surface area contributed by atoms with Crippen LogP contribution in [0, 0.1) is 6.92 Å². The molecule has 1 atom stereocenters. The first-order valence-corrected chi connectivity index (χ1v) is 12.4. The Morgan fingerprint density at radius 2 is 1.83 bits per heavy atom. The molecule has 9 heteroatoms. The van der Waals surface area contributed by atoms with Crippen molar-refractivity contribution in [3.8, 4) is 5.69 Å². The van der Waals surface area contributed by atoms with Crippen molar-refractivity contribution in [2.24, 2.45) is 0 Å². The summed E-state index contributed by atoms with van der Waals surface area (Å²) in [5, 5.41) is 9.06. The van der Waals surface area contributed by atoms with Crippen LogP contribution in [0.25, 0.3) is 16.8 Å².